The predicted molar refractivity (Wildman–Crippen MR) is 68.2 cm³/mol. The lowest BCUT2D eigenvalue weighted by Crippen LogP contribution is -2.36. The van der Waals surface area contributed by atoms with E-state index < -0.39 is 6.03 Å². The van der Waals surface area contributed by atoms with Crippen LogP contribution in [0, 0.1) is 0 Å². The molecule has 0 spiro atoms. The standard InChI is InChI=1S/C13H17N3O2/c14-13(17)15-10-3-1-2-9(4-10)6-16-7-12-5-11(16)8-18-12/h1-4,11-12H,5-8H2,(H3,14,15,17)/t11-,12-/m0/s1. The van der Waals surface area contributed by atoms with Crippen LogP contribution < -0.4 is 11.1 Å². The van der Waals surface area contributed by atoms with Gasteiger partial charge in [0, 0.05) is 24.8 Å². The molecule has 0 aliphatic carbocycles. The van der Waals surface area contributed by atoms with Gasteiger partial charge in [0.25, 0.3) is 0 Å². The van der Waals surface area contributed by atoms with Crippen LogP contribution in [-0.2, 0) is 11.3 Å². The van der Waals surface area contributed by atoms with Crippen LogP contribution in [0.3, 0.4) is 0 Å². The molecule has 5 heteroatoms. The molecule has 3 N–H and O–H groups in total. The highest BCUT2D eigenvalue weighted by molar-refractivity contribution is 5.87. The number of morpholine rings is 1. The number of fused-ring (bicyclic) bond motifs is 2. The third-order valence-corrected chi connectivity index (χ3v) is 3.59. The van der Waals surface area contributed by atoms with Crippen molar-refractivity contribution < 1.29 is 9.53 Å². The van der Waals surface area contributed by atoms with Gasteiger partial charge in [-0.3, -0.25) is 4.90 Å². The van der Waals surface area contributed by atoms with Gasteiger partial charge in [0.15, 0.2) is 0 Å². The summed E-state index contributed by atoms with van der Waals surface area (Å²) in [5.41, 5.74) is 7.05. The van der Waals surface area contributed by atoms with Crippen molar-refractivity contribution in [1.82, 2.24) is 4.90 Å². The van der Waals surface area contributed by atoms with E-state index in [1.165, 1.54) is 5.56 Å². The Kier molecular flexibility index (Phi) is 2.93. The predicted octanol–water partition coefficient (Wildman–Crippen LogP) is 1.15. The Morgan fingerprint density at radius 1 is 1.56 bits per heavy atom. The van der Waals surface area contributed by atoms with Crippen molar-refractivity contribution in [3.63, 3.8) is 0 Å². The molecule has 2 heterocycles. The second-order valence-corrected chi connectivity index (χ2v) is 4.96. The molecule has 0 unspecified atom stereocenters. The summed E-state index contributed by atoms with van der Waals surface area (Å²) in [5, 5.41) is 2.60. The van der Waals surface area contributed by atoms with Crippen LogP contribution in [0.25, 0.3) is 0 Å². The Bertz CT molecular complexity index is 463. The Morgan fingerprint density at radius 2 is 2.44 bits per heavy atom. The number of carbonyl (C=O) groups excluding carboxylic acids is 1. The number of anilines is 1. The van der Waals surface area contributed by atoms with Gasteiger partial charge in [-0.2, -0.15) is 0 Å². The first-order valence-electron chi connectivity index (χ1n) is 6.22. The zero-order valence-corrected chi connectivity index (χ0v) is 10.1. The number of carbonyl (C=O) groups is 1. The normalized spacial score (nSPS) is 26.4. The van der Waals surface area contributed by atoms with Crippen molar-refractivity contribution >= 4 is 11.7 Å². The molecule has 0 saturated carbocycles. The molecule has 1 aromatic rings. The SMILES string of the molecule is NC(=O)Nc1cccc(CN2C[C@@H]3C[C@H]2CO3)c1. The third kappa shape index (κ3) is 2.32. The Labute approximate surface area is 106 Å². The second-order valence-electron chi connectivity index (χ2n) is 4.96. The summed E-state index contributed by atoms with van der Waals surface area (Å²) in [6, 6.07) is 7.85. The number of benzene rings is 1. The van der Waals surface area contributed by atoms with Crippen molar-refractivity contribution in [3.05, 3.63) is 29.8 Å². The summed E-state index contributed by atoms with van der Waals surface area (Å²) < 4.78 is 5.58. The van der Waals surface area contributed by atoms with E-state index in [9.17, 15) is 4.79 Å². The Balaban J connectivity index is 1.67. The van der Waals surface area contributed by atoms with Crippen molar-refractivity contribution in [3.8, 4) is 0 Å². The highest BCUT2D eigenvalue weighted by Crippen LogP contribution is 2.29. The maximum absolute atomic E-state index is 10.8. The number of nitrogens with two attached hydrogens (primary N) is 1. The summed E-state index contributed by atoms with van der Waals surface area (Å²) in [5.74, 6) is 0. The van der Waals surface area contributed by atoms with E-state index in [1.54, 1.807) is 0 Å². The smallest absolute Gasteiger partial charge is 0.316 e. The minimum absolute atomic E-state index is 0.418. The van der Waals surface area contributed by atoms with E-state index in [4.69, 9.17) is 10.5 Å². The monoisotopic (exact) mass is 247 g/mol. The molecule has 2 bridgehead atoms. The molecule has 96 valence electrons. The van der Waals surface area contributed by atoms with Crippen LogP contribution in [0.1, 0.15) is 12.0 Å². The Morgan fingerprint density at radius 3 is 3.11 bits per heavy atom. The molecule has 2 aliphatic rings. The van der Waals surface area contributed by atoms with Gasteiger partial charge in [0.05, 0.1) is 12.7 Å². The fourth-order valence-electron chi connectivity index (χ4n) is 2.80. The number of urea groups is 1. The fraction of sp³-hybridized carbons (Fsp3) is 0.462. The van der Waals surface area contributed by atoms with Gasteiger partial charge in [0.1, 0.15) is 0 Å². The molecule has 18 heavy (non-hydrogen) atoms. The van der Waals surface area contributed by atoms with Crippen LogP contribution in [-0.4, -0.2) is 36.2 Å². The van der Waals surface area contributed by atoms with Crippen molar-refractivity contribution in [2.45, 2.75) is 25.1 Å². The van der Waals surface area contributed by atoms with Gasteiger partial charge in [-0.05, 0) is 24.1 Å². The van der Waals surface area contributed by atoms with Crippen molar-refractivity contribution in [2.75, 3.05) is 18.5 Å². The van der Waals surface area contributed by atoms with Gasteiger partial charge in [-0.15, -0.1) is 0 Å². The molecular formula is C13H17N3O2. The average Bonchev–Trinajstić information content (AvgIpc) is 2.90. The first-order chi connectivity index (χ1) is 8.70. The highest BCUT2D eigenvalue weighted by atomic mass is 16.5. The molecule has 0 radical (unpaired) electrons. The van der Waals surface area contributed by atoms with Crippen LogP contribution >= 0.6 is 0 Å². The molecule has 1 aromatic carbocycles. The first-order valence-corrected chi connectivity index (χ1v) is 6.22. The minimum atomic E-state index is -0.527. The summed E-state index contributed by atoms with van der Waals surface area (Å²) in [7, 11) is 0. The van der Waals surface area contributed by atoms with Gasteiger partial charge >= 0.3 is 6.03 Å². The summed E-state index contributed by atoms with van der Waals surface area (Å²) in [6.45, 7) is 2.76. The van der Waals surface area contributed by atoms with Crippen LogP contribution in [0.5, 0.6) is 0 Å². The van der Waals surface area contributed by atoms with E-state index in [1.807, 2.05) is 18.2 Å². The number of ether oxygens (including phenoxy) is 1. The molecule has 2 atom stereocenters. The molecule has 2 aliphatic heterocycles. The van der Waals surface area contributed by atoms with Crippen molar-refractivity contribution in [2.24, 2.45) is 5.73 Å². The van der Waals surface area contributed by atoms with Crippen LogP contribution in [0.15, 0.2) is 24.3 Å². The maximum Gasteiger partial charge on any atom is 0.316 e. The minimum Gasteiger partial charge on any atom is -0.375 e. The summed E-state index contributed by atoms with van der Waals surface area (Å²) in [6.07, 6.45) is 1.57. The number of nitrogens with zero attached hydrogens (tertiary/aromatic N) is 1. The second kappa shape index (κ2) is 4.59. The largest absolute Gasteiger partial charge is 0.375 e. The quantitative estimate of drug-likeness (QED) is 0.842. The number of rotatable bonds is 3. The number of likely N-dealkylation sites (tertiary alicyclic amines) is 1. The lowest BCUT2D eigenvalue weighted by atomic mass is 10.1. The molecular weight excluding hydrogens is 230 g/mol. The topological polar surface area (TPSA) is 67.6 Å². The summed E-state index contributed by atoms with van der Waals surface area (Å²) >= 11 is 0. The Hall–Kier alpha value is -1.59. The lowest BCUT2D eigenvalue weighted by Gasteiger charge is -2.26. The molecule has 5 nitrogen and oxygen atoms in total. The number of hydrogen-bond acceptors (Lipinski definition) is 3. The van der Waals surface area contributed by atoms with Crippen molar-refractivity contribution in [1.29, 1.82) is 0 Å². The van der Waals surface area contributed by atoms with Gasteiger partial charge in [0.2, 0.25) is 0 Å². The third-order valence-electron chi connectivity index (χ3n) is 3.59. The van der Waals surface area contributed by atoms with E-state index >= 15 is 0 Å². The van der Waals surface area contributed by atoms with E-state index in [0.29, 0.717) is 12.1 Å². The van der Waals surface area contributed by atoms with E-state index in [-0.39, 0.29) is 0 Å². The van der Waals surface area contributed by atoms with E-state index in [2.05, 4.69) is 16.3 Å². The average molecular weight is 247 g/mol. The maximum atomic E-state index is 10.8. The molecule has 2 amide bonds. The van der Waals surface area contributed by atoms with E-state index in [0.717, 1.165) is 31.8 Å². The first kappa shape index (κ1) is 11.5. The van der Waals surface area contributed by atoms with Gasteiger partial charge < -0.3 is 15.8 Å². The van der Waals surface area contributed by atoms with Gasteiger partial charge in [-0.1, -0.05) is 12.1 Å². The molecule has 2 fully saturated rings. The molecule has 3 rings (SSSR count). The number of amides is 2. The van der Waals surface area contributed by atoms with Crippen LogP contribution in [0.4, 0.5) is 10.5 Å². The molecule has 2 saturated heterocycles. The fourth-order valence-corrected chi connectivity index (χ4v) is 2.80. The number of primary amides is 1. The summed E-state index contributed by atoms with van der Waals surface area (Å²) in [4.78, 5) is 13.3. The zero-order chi connectivity index (χ0) is 12.5. The zero-order valence-electron chi connectivity index (χ0n) is 10.1. The number of hydrogen-bond donors (Lipinski definition) is 2. The molecule has 0 aromatic heterocycles. The highest BCUT2D eigenvalue weighted by Gasteiger charge is 2.38. The van der Waals surface area contributed by atoms with Gasteiger partial charge in [-0.25, -0.2) is 4.79 Å². The lowest BCUT2D eigenvalue weighted by molar-refractivity contribution is 0.0273. The van der Waals surface area contributed by atoms with Crippen LogP contribution in [0.2, 0.25) is 0 Å². The number of nitrogens with one attached hydrogen (secondary N) is 1.